The number of rotatable bonds is 3. The van der Waals surface area contributed by atoms with E-state index in [9.17, 15) is 0 Å². The maximum atomic E-state index is 4.37. The van der Waals surface area contributed by atoms with Crippen LogP contribution >= 0.6 is 21.6 Å². The average Bonchev–Trinajstić information content (AvgIpc) is 2.07. The van der Waals surface area contributed by atoms with E-state index in [0.717, 1.165) is 13.0 Å². The van der Waals surface area contributed by atoms with Gasteiger partial charge in [-0.3, -0.25) is 4.99 Å². The van der Waals surface area contributed by atoms with Gasteiger partial charge in [-0.15, -0.1) is 0 Å². The van der Waals surface area contributed by atoms with Gasteiger partial charge in [0.05, 0.1) is 0 Å². The minimum atomic E-state index is 0.978. The molecule has 0 spiro atoms. The first-order valence-electron chi connectivity index (χ1n) is 3.94. The second-order valence-corrected chi connectivity index (χ2v) is 4.75. The third-order valence-corrected chi connectivity index (χ3v) is 3.75. The van der Waals surface area contributed by atoms with Gasteiger partial charge in [0.2, 0.25) is 0 Å². The van der Waals surface area contributed by atoms with Gasteiger partial charge in [0.15, 0.2) is 0 Å². The fraction of sp³-hybridized carbons (Fsp3) is 0.625. The van der Waals surface area contributed by atoms with Crippen molar-refractivity contribution in [3.05, 3.63) is 12.2 Å². The fourth-order valence-corrected chi connectivity index (χ4v) is 2.83. The van der Waals surface area contributed by atoms with Crippen LogP contribution in [0, 0.1) is 0 Å². The molecule has 0 amide bonds. The van der Waals surface area contributed by atoms with Gasteiger partial charge < -0.3 is 0 Å². The van der Waals surface area contributed by atoms with Gasteiger partial charge >= 0.3 is 0 Å². The molecule has 0 bridgehead atoms. The third-order valence-electron chi connectivity index (χ3n) is 1.26. The molecule has 0 N–H and O–H groups in total. The molecule has 1 aliphatic rings. The van der Waals surface area contributed by atoms with Gasteiger partial charge in [-0.2, -0.15) is 0 Å². The van der Waals surface area contributed by atoms with Crippen molar-refractivity contribution in [3.63, 3.8) is 0 Å². The van der Waals surface area contributed by atoms with E-state index in [4.69, 9.17) is 0 Å². The standard InChI is InChI=1S/C8H13NS2/c1-2-7-10-11-8-5-3-4-6-9-8/h3,5H,2,4,6-7H2,1H3. The highest BCUT2D eigenvalue weighted by molar-refractivity contribution is 8.82. The predicted molar refractivity (Wildman–Crippen MR) is 56.4 cm³/mol. The minimum absolute atomic E-state index is 0.978. The van der Waals surface area contributed by atoms with Crippen molar-refractivity contribution in [2.75, 3.05) is 12.3 Å². The van der Waals surface area contributed by atoms with Crippen LogP contribution in [0.15, 0.2) is 17.1 Å². The maximum Gasteiger partial charge on any atom is 0.101 e. The quantitative estimate of drug-likeness (QED) is 0.497. The molecule has 1 aliphatic heterocycles. The van der Waals surface area contributed by atoms with Crippen LogP contribution in [-0.4, -0.2) is 17.3 Å². The Labute approximate surface area is 76.1 Å². The maximum absolute atomic E-state index is 4.37. The molecule has 1 rings (SSSR count). The Kier molecular flexibility index (Phi) is 4.79. The molecule has 11 heavy (non-hydrogen) atoms. The van der Waals surface area contributed by atoms with Crippen LogP contribution in [0.3, 0.4) is 0 Å². The summed E-state index contributed by atoms with van der Waals surface area (Å²) in [6, 6.07) is 0. The van der Waals surface area contributed by atoms with Gasteiger partial charge in [-0.1, -0.05) is 23.8 Å². The summed E-state index contributed by atoms with van der Waals surface area (Å²) in [5.41, 5.74) is 0. The lowest BCUT2D eigenvalue weighted by Crippen LogP contribution is -1.93. The van der Waals surface area contributed by atoms with Crippen LogP contribution in [0.1, 0.15) is 19.8 Å². The SMILES string of the molecule is CCCSSC1=NCCC=C1. The Bertz CT molecular complexity index is 163. The van der Waals surface area contributed by atoms with E-state index in [-0.39, 0.29) is 0 Å². The van der Waals surface area contributed by atoms with Crippen LogP contribution in [0.25, 0.3) is 0 Å². The number of hydrogen-bond acceptors (Lipinski definition) is 3. The van der Waals surface area contributed by atoms with E-state index in [1.165, 1.54) is 17.2 Å². The van der Waals surface area contributed by atoms with Gasteiger partial charge in [-0.05, 0) is 29.7 Å². The molecule has 0 aromatic rings. The predicted octanol–water partition coefficient (Wildman–Crippen LogP) is 3.14. The molecule has 0 atom stereocenters. The summed E-state index contributed by atoms with van der Waals surface area (Å²) >= 11 is 0. The third kappa shape index (κ3) is 3.87. The van der Waals surface area contributed by atoms with Crippen molar-refractivity contribution in [2.24, 2.45) is 4.99 Å². The summed E-state index contributed by atoms with van der Waals surface area (Å²) in [6.45, 7) is 3.18. The minimum Gasteiger partial charge on any atom is -0.277 e. The first kappa shape index (κ1) is 9.20. The molecular formula is C8H13NS2. The molecule has 1 heterocycles. The summed E-state index contributed by atoms with van der Waals surface area (Å²) in [6.07, 6.45) is 6.68. The Morgan fingerprint density at radius 2 is 2.55 bits per heavy atom. The number of aliphatic imine (C=N–C) groups is 1. The number of dihydropyridines is 1. The normalized spacial score (nSPS) is 16.6. The van der Waals surface area contributed by atoms with Crippen molar-refractivity contribution in [1.29, 1.82) is 0 Å². The second kappa shape index (κ2) is 5.72. The number of hydrogen-bond donors (Lipinski definition) is 0. The Hall–Kier alpha value is 0.110. The highest BCUT2D eigenvalue weighted by Crippen LogP contribution is 2.25. The molecule has 0 fully saturated rings. The van der Waals surface area contributed by atoms with Gasteiger partial charge in [0.1, 0.15) is 5.04 Å². The van der Waals surface area contributed by atoms with Crippen LogP contribution < -0.4 is 0 Å². The highest BCUT2D eigenvalue weighted by Gasteiger charge is 1.98. The molecule has 1 nitrogen and oxygen atoms in total. The molecule has 62 valence electrons. The van der Waals surface area contributed by atoms with Crippen LogP contribution in [0.5, 0.6) is 0 Å². The second-order valence-electron chi connectivity index (χ2n) is 2.32. The van der Waals surface area contributed by atoms with E-state index in [1.54, 1.807) is 10.8 Å². The van der Waals surface area contributed by atoms with Crippen molar-refractivity contribution >= 4 is 26.6 Å². The van der Waals surface area contributed by atoms with Crippen LogP contribution in [-0.2, 0) is 0 Å². The fourth-order valence-electron chi connectivity index (χ4n) is 0.726. The molecule has 0 aromatic heterocycles. The van der Waals surface area contributed by atoms with E-state index >= 15 is 0 Å². The lowest BCUT2D eigenvalue weighted by atomic mass is 10.3. The van der Waals surface area contributed by atoms with Gasteiger partial charge in [-0.25, -0.2) is 0 Å². The smallest absolute Gasteiger partial charge is 0.101 e. The monoisotopic (exact) mass is 187 g/mol. The van der Waals surface area contributed by atoms with Crippen molar-refractivity contribution < 1.29 is 0 Å². The van der Waals surface area contributed by atoms with Crippen LogP contribution in [0.2, 0.25) is 0 Å². The summed E-state index contributed by atoms with van der Waals surface area (Å²) in [5, 5.41) is 1.19. The van der Waals surface area contributed by atoms with E-state index in [1.807, 2.05) is 10.8 Å². The molecule has 3 heteroatoms. The molecule has 0 saturated carbocycles. The largest absolute Gasteiger partial charge is 0.277 e. The molecule has 0 radical (unpaired) electrons. The summed E-state index contributed by atoms with van der Waals surface area (Å²) < 4.78 is 0. The topological polar surface area (TPSA) is 12.4 Å². The summed E-state index contributed by atoms with van der Waals surface area (Å²) in [4.78, 5) is 4.37. The first-order valence-corrected chi connectivity index (χ1v) is 6.26. The first-order chi connectivity index (χ1) is 5.43. The zero-order valence-corrected chi connectivity index (χ0v) is 8.38. The molecule has 0 aliphatic carbocycles. The Morgan fingerprint density at radius 3 is 3.18 bits per heavy atom. The van der Waals surface area contributed by atoms with E-state index in [0.29, 0.717) is 0 Å². The molecule has 0 unspecified atom stereocenters. The van der Waals surface area contributed by atoms with E-state index in [2.05, 4.69) is 24.1 Å². The Morgan fingerprint density at radius 1 is 1.64 bits per heavy atom. The van der Waals surface area contributed by atoms with Crippen molar-refractivity contribution in [1.82, 2.24) is 0 Å². The zero-order chi connectivity index (χ0) is 7.94. The summed E-state index contributed by atoms with van der Waals surface area (Å²) in [5.74, 6) is 1.22. The molecular weight excluding hydrogens is 174 g/mol. The lowest BCUT2D eigenvalue weighted by molar-refractivity contribution is 1.000. The zero-order valence-electron chi connectivity index (χ0n) is 6.75. The Balaban J connectivity index is 2.15. The van der Waals surface area contributed by atoms with Crippen molar-refractivity contribution in [2.45, 2.75) is 19.8 Å². The average molecular weight is 187 g/mol. The molecule has 0 saturated heterocycles. The summed E-state index contributed by atoms with van der Waals surface area (Å²) in [7, 11) is 3.70. The number of nitrogens with zero attached hydrogens (tertiary/aromatic N) is 1. The lowest BCUT2D eigenvalue weighted by Gasteiger charge is -2.03. The van der Waals surface area contributed by atoms with Crippen molar-refractivity contribution in [3.8, 4) is 0 Å². The molecule has 0 aromatic carbocycles. The van der Waals surface area contributed by atoms with E-state index < -0.39 is 0 Å². The highest BCUT2D eigenvalue weighted by atomic mass is 33.1. The van der Waals surface area contributed by atoms with Gasteiger partial charge in [0.25, 0.3) is 0 Å². The van der Waals surface area contributed by atoms with Crippen LogP contribution in [0.4, 0.5) is 0 Å². The van der Waals surface area contributed by atoms with Gasteiger partial charge in [0, 0.05) is 12.3 Å².